The van der Waals surface area contributed by atoms with E-state index in [0.717, 1.165) is 21.7 Å². The Balaban J connectivity index is 1.23. The van der Waals surface area contributed by atoms with Gasteiger partial charge in [0.2, 0.25) is 11.8 Å². The van der Waals surface area contributed by atoms with Crippen LogP contribution in [0.3, 0.4) is 0 Å². The van der Waals surface area contributed by atoms with Crippen molar-refractivity contribution in [2.24, 2.45) is 0 Å². The number of rotatable bonds is 6. The fourth-order valence-corrected chi connectivity index (χ4v) is 3.77. The SMILES string of the molecule is O=C(NCc1ncc(-c2cccs2)[nH]1)c1ccc(-c2nnc(-c3ccccc3)o2)cc1. The number of imidazole rings is 1. The van der Waals surface area contributed by atoms with E-state index >= 15 is 0 Å². The number of nitrogens with one attached hydrogen (secondary N) is 2. The summed E-state index contributed by atoms with van der Waals surface area (Å²) >= 11 is 1.63. The Hall–Kier alpha value is -4.04. The smallest absolute Gasteiger partial charge is 0.251 e. The van der Waals surface area contributed by atoms with Gasteiger partial charge in [-0.25, -0.2) is 4.98 Å². The van der Waals surface area contributed by atoms with Gasteiger partial charge in [-0.05, 0) is 47.8 Å². The minimum Gasteiger partial charge on any atom is -0.416 e. The highest BCUT2D eigenvalue weighted by Gasteiger charge is 2.12. The van der Waals surface area contributed by atoms with Gasteiger partial charge in [0.1, 0.15) is 5.82 Å². The maximum Gasteiger partial charge on any atom is 0.251 e. The zero-order chi connectivity index (χ0) is 21.0. The van der Waals surface area contributed by atoms with Crippen LogP contribution < -0.4 is 5.32 Å². The van der Waals surface area contributed by atoms with E-state index in [1.807, 2.05) is 47.8 Å². The Kier molecular flexibility index (Phi) is 5.12. The molecule has 0 bridgehead atoms. The van der Waals surface area contributed by atoms with E-state index in [4.69, 9.17) is 4.42 Å². The second-order valence-electron chi connectivity index (χ2n) is 6.76. The van der Waals surface area contributed by atoms with Crippen LogP contribution in [0.25, 0.3) is 33.5 Å². The maximum absolute atomic E-state index is 12.5. The normalized spacial score (nSPS) is 10.8. The lowest BCUT2D eigenvalue weighted by Gasteiger charge is -2.04. The first kappa shape index (κ1) is 19.0. The lowest BCUT2D eigenvalue weighted by Crippen LogP contribution is -2.23. The first-order chi connectivity index (χ1) is 15.3. The highest BCUT2D eigenvalue weighted by atomic mass is 32.1. The molecule has 0 saturated heterocycles. The van der Waals surface area contributed by atoms with Gasteiger partial charge in [0.05, 0.1) is 23.3 Å². The summed E-state index contributed by atoms with van der Waals surface area (Å²) in [4.78, 5) is 21.2. The highest BCUT2D eigenvalue weighted by Crippen LogP contribution is 2.24. The average molecular weight is 427 g/mol. The molecule has 2 N–H and O–H groups in total. The van der Waals surface area contributed by atoms with Crippen LogP contribution in [0.5, 0.6) is 0 Å². The molecule has 3 heterocycles. The third-order valence-corrected chi connectivity index (χ3v) is 5.57. The number of carbonyl (C=O) groups is 1. The monoisotopic (exact) mass is 427 g/mol. The van der Waals surface area contributed by atoms with Crippen LogP contribution >= 0.6 is 11.3 Å². The molecule has 1 amide bonds. The molecule has 5 rings (SSSR count). The van der Waals surface area contributed by atoms with E-state index in [0.29, 0.717) is 29.7 Å². The van der Waals surface area contributed by atoms with Gasteiger partial charge in [0, 0.05) is 16.7 Å². The molecule has 0 aliphatic heterocycles. The molecule has 0 radical (unpaired) electrons. The molecule has 0 aliphatic rings. The summed E-state index contributed by atoms with van der Waals surface area (Å²) in [7, 11) is 0. The number of nitrogens with zero attached hydrogens (tertiary/aromatic N) is 3. The molecule has 0 saturated carbocycles. The van der Waals surface area contributed by atoms with Crippen LogP contribution in [0.4, 0.5) is 0 Å². The molecule has 7 nitrogen and oxygen atoms in total. The summed E-state index contributed by atoms with van der Waals surface area (Å²) in [5, 5.41) is 13.1. The summed E-state index contributed by atoms with van der Waals surface area (Å²) in [5.41, 5.74) is 3.09. The van der Waals surface area contributed by atoms with Gasteiger partial charge in [-0.15, -0.1) is 21.5 Å². The predicted octanol–water partition coefficient (Wildman–Crippen LogP) is 4.79. The van der Waals surface area contributed by atoms with E-state index in [1.54, 1.807) is 41.8 Å². The van der Waals surface area contributed by atoms with Crippen molar-refractivity contribution in [2.75, 3.05) is 0 Å². The molecule has 2 aromatic carbocycles. The summed E-state index contributed by atoms with van der Waals surface area (Å²) in [6.45, 7) is 0.316. The van der Waals surface area contributed by atoms with Gasteiger partial charge in [-0.3, -0.25) is 4.79 Å². The van der Waals surface area contributed by atoms with Gasteiger partial charge >= 0.3 is 0 Å². The van der Waals surface area contributed by atoms with Gasteiger partial charge in [-0.1, -0.05) is 24.3 Å². The molecular weight excluding hydrogens is 410 g/mol. The Morgan fingerprint density at radius 3 is 2.39 bits per heavy atom. The van der Waals surface area contributed by atoms with Crippen molar-refractivity contribution in [1.82, 2.24) is 25.5 Å². The van der Waals surface area contributed by atoms with Gasteiger partial charge in [-0.2, -0.15) is 0 Å². The molecule has 8 heteroatoms. The van der Waals surface area contributed by atoms with E-state index in [-0.39, 0.29) is 5.91 Å². The lowest BCUT2D eigenvalue weighted by molar-refractivity contribution is 0.0950. The minimum absolute atomic E-state index is 0.184. The fraction of sp³-hybridized carbons (Fsp3) is 0.0435. The van der Waals surface area contributed by atoms with E-state index in [2.05, 4.69) is 25.5 Å². The largest absolute Gasteiger partial charge is 0.416 e. The second-order valence-corrected chi connectivity index (χ2v) is 7.71. The lowest BCUT2D eigenvalue weighted by atomic mass is 10.1. The van der Waals surface area contributed by atoms with Gasteiger partial charge in [0.15, 0.2) is 0 Å². The molecule has 3 aromatic heterocycles. The van der Waals surface area contributed by atoms with Crippen molar-refractivity contribution in [2.45, 2.75) is 6.54 Å². The van der Waals surface area contributed by atoms with Crippen molar-refractivity contribution in [3.05, 3.63) is 89.7 Å². The first-order valence-corrected chi connectivity index (χ1v) is 10.5. The minimum atomic E-state index is -0.184. The van der Waals surface area contributed by atoms with Crippen LogP contribution in [0.2, 0.25) is 0 Å². The van der Waals surface area contributed by atoms with Gasteiger partial charge in [0.25, 0.3) is 5.91 Å². The Labute approximate surface area is 181 Å². The average Bonchev–Trinajstić information content (AvgIpc) is 3.59. The number of amides is 1. The summed E-state index contributed by atoms with van der Waals surface area (Å²) in [5.74, 6) is 1.38. The molecular formula is C23H17N5O2S. The van der Waals surface area contributed by atoms with Crippen molar-refractivity contribution in [3.63, 3.8) is 0 Å². The third-order valence-electron chi connectivity index (χ3n) is 4.67. The number of H-pyrrole nitrogens is 1. The van der Waals surface area contributed by atoms with E-state index in [9.17, 15) is 4.79 Å². The van der Waals surface area contributed by atoms with Crippen molar-refractivity contribution >= 4 is 17.2 Å². The standard InChI is InChI=1S/C23H17N5O2S/c29-21(25-14-20-24-13-18(26-20)19-7-4-12-31-19)15-8-10-17(11-9-15)23-28-27-22(30-23)16-5-2-1-3-6-16/h1-13H,14H2,(H,24,26)(H,25,29). The number of thiophene rings is 1. The van der Waals surface area contributed by atoms with E-state index in [1.165, 1.54) is 0 Å². The maximum atomic E-state index is 12.5. The molecule has 0 fully saturated rings. The molecule has 0 aliphatic carbocycles. The van der Waals surface area contributed by atoms with E-state index < -0.39 is 0 Å². The Morgan fingerprint density at radius 1 is 0.935 bits per heavy atom. The van der Waals surface area contributed by atoms with Crippen LogP contribution in [0, 0.1) is 0 Å². The van der Waals surface area contributed by atoms with Crippen LogP contribution in [0.15, 0.2) is 82.7 Å². The number of aromatic amines is 1. The second kappa shape index (κ2) is 8.37. The number of carbonyl (C=O) groups excluding carboxylic acids is 1. The fourth-order valence-electron chi connectivity index (χ4n) is 3.08. The van der Waals surface area contributed by atoms with Gasteiger partial charge < -0.3 is 14.7 Å². The third kappa shape index (κ3) is 4.15. The molecule has 0 unspecified atom stereocenters. The molecule has 152 valence electrons. The molecule has 5 aromatic rings. The number of hydrogen-bond acceptors (Lipinski definition) is 6. The number of aromatic nitrogens is 4. The Bertz CT molecular complexity index is 1290. The van der Waals surface area contributed by atoms with Crippen LogP contribution in [0.1, 0.15) is 16.2 Å². The highest BCUT2D eigenvalue weighted by molar-refractivity contribution is 7.13. The number of benzene rings is 2. The zero-order valence-corrected chi connectivity index (χ0v) is 17.1. The van der Waals surface area contributed by atoms with Crippen molar-refractivity contribution in [1.29, 1.82) is 0 Å². The molecule has 31 heavy (non-hydrogen) atoms. The van der Waals surface area contributed by atoms with Crippen molar-refractivity contribution in [3.8, 4) is 33.5 Å². The zero-order valence-electron chi connectivity index (χ0n) is 16.3. The summed E-state index contributed by atoms with van der Waals surface area (Å²) in [6.07, 6.45) is 1.77. The van der Waals surface area contributed by atoms with Crippen LogP contribution in [-0.4, -0.2) is 26.1 Å². The first-order valence-electron chi connectivity index (χ1n) is 9.61. The molecule has 0 spiro atoms. The predicted molar refractivity (Wildman–Crippen MR) is 118 cm³/mol. The quantitative estimate of drug-likeness (QED) is 0.406. The Morgan fingerprint density at radius 2 is 1.68 bits per heavy atom. The molecule has 0 atom stereocenters. The topological polar surface area (TPSA) is 96.7 Å². The summed E-state index contributed by atoms with van der Waals surface area (Å²) in [6, 6.07) is 20.6. The summed E-state index contributed by atoms with van der Waals surface area (Å²) < 4.78 is 5.76. The van der Waals surface area contributed by atoms with Crippen molar-refractivity contribution < 1.29 is 9.21 Å². The number of hydrogen-bond donors (Lipinski definition) is 2. The van der Waals surface area contributed by atoms with Crippen LogP contribution in [-0.2, 0) is 6.54 Å².